The zero-order valence-electron chi connectivity index (χ0n) is 14.2. The predicted octanol–water partition coefficient (Wildman–Crippen LogP) is 2.28. The van der Waals surface area contributed by atoms with E-state index in [1.165, 1.54) is 0 Å². The summed E-state index contributed by atoms with van der Waals surface area (Å²) >= 11 is 0. The molecule has 2 unspecified atom stereocenters. The van der Waals surface area contributed by atoms with Gasteiger partial charge in [0.25, 0.3) is 0 Å². The number of hydrogen-bond donors (Lipinski definition) is 1. The average molecular weight is 358 g/mol. The van der Waals surface area contributed by atoms with Crippen molar-refractivity contribution in [3.05, 3.63) is 46.6 Å². The lowest BCUT2D eigenvalue weighted by molar-refractivity contribution is -0.145. The van der Waals surface area contributed by atoms with Crippen LogP contribution in [0.1, 0.15) is 25.7 Å². The molecule has 5 rings (SSSR count). The molecule has 2 atom stereocenters. The maximum atomic E-state index is 15.3. The molecule has 6 nitrogen and oxygen atoms in total. The summed E-state index contributed by atoms with van der Waals surface area (Å²) in [6.07, 6.45) is 6.83. The van der Waals surface area contributed by atoms with Crippen molar-refractivity contribution in [1.29, 1.82) is 0 Å². The van der Waals surface area contributed by atoms with E-state index in [0.717, 1.165) is 31.6 Å². The maximum absolute atomic E-state index is 15.3. The smallest absolute Gasteiger partial charge is 0.314 e. The quantitative estimate of drug-likeness (QED) is 0.603. The topological polar surface area (TPSA) is 70.1 Å². The summed E-state index contributed by atoms with van der Waals surface area (Å²) in [4.78, 5) is 27.8. The van der Waals surface area contributed by atoms with Crippen molar-refractivity contribution >= 4 is 11.8 Å². The number of carbonyl (C=O) groups is 2. The van der Waals surface area contributed by atoms with Crippen molar-refractivity contribution in [3.63, 3.8) is 0 Å². The Morgan fingerprint density at radius 1 is 1.19 bits per heavy atom. The van der Waals surface area contributed by atoms with Crippen molar-refractivity contribution in [2.75, 3.05) is 19.6 Å². The summed E-state index contributed by atoms with van der Waals surface area (Å²) in [6.45, 7) is 2.17. The number of hydrogen-bond acceptors (Lipinski definition) is 5. The van der Waals surface area contributed by atoms with Gasteiger partial charge in [0.05, 0.1) is 17.1 Å². The molecule has 26 heavy (non-hydrogen) atoms. The molecule has 0 amide bonds. The van der Waals surface area contributed by atoms with Crippen LogP contribution in [0.2, 0.25) is 0 Å². The summed E-state index contributed by atoms with van der Waals surface area (Å²) in [5.74, 6) is -3.18. The van der Waals surface area contributed by atoms with Gasteiger partial charge in [0, 0.05) is 38.4 Å². The maximum Gasteiger partial charge on any atom is 0.314 e. The van der Waals surface area contributed by atoms with E-state index in [-0.39, 0.29) is 23.9 Å². The molecule has 0 bridgehead atoms. The lowest BCUT2D eigenvalue weighted by Crippen LogP contribution is -2.38. The Bertz CT molecular complexity index is 848. The lowest BCUT2D eigenvalue weighted by Gasteiger charge is -2.42. The Balaban J connectivity index is 1.58. The molecule has 0 saturated carbocycles. The number of fused-ring (bicyclic) bond motifs is 1. The summed E-state index contributed by atoms with van der Waals surface area (Å²) in [7, 11) is 0. The number of ether oxygens (including phenoxy) is 1. The SMILES string of the molecule is O=C(O)C1CC2=C(OC3=C4C(C=CCN24)CC(N2CCCC2)=C3F)C1=O. The molecule has 3 heterocycles. The number of nitrogens with zero attached hydrogens (tertiary/aromatic N) is 2. The molecule has 0 radical (unpaired) electrons. The third-order valence-corrected chi connectivity index (χ3v) is 5.91. The number of carboxylic acids is 1. The van der Waals surface area contributed by atoms with E-state index in [1.54, 1.807) is 0 Å². The summed E-state index contributed by atoms with van der Waals surface area (Å²) in [6, 6.07) is 0. The van der Waals surface area contributed by atoms with Crippen LogP contribution >= 0.6 is 0 Å². The molecule has 2 aliphatic carbocycles. The average Bonchev–Trinajstić information content (AvgIpc) is 3.26. The van der Waals surface area contributed by atoms with Crippen molar-refractivity contribution in [2.45, 2.75) is 25.7 Å². The van der Waals surface area contributed by atoms with E-state index < -0.39 is 23.5 Å². The number of allylic oxidation sites excluding steroid dienone is 5. The predicted molar refractivity (Wildman–Crippen MR) is 88.8 cm³/mol. The number of rotatable bonds is 2. The van der Waals surface area contributed by atoms with Gasteiger partial charge in [-0.1, -0.05) is 12.2 Å². The van der Waals surface area contributed by atoms with Gasteiger partial charge in [-0.05, 0) is 12.8 Å². The highest BCUT2D eigenvalue weighted by atomic mass is 19.1. The first-order valence-electron chi connectivity index (χ1n) is 9.06. The number of Topliss-reactive ketones (excluding diaryl/α,β-unsaturated/α-hetero) is 1. The monoisotopic (exact) mass is 358 g/mol. The van der Waals surface area contributed by atoms with Crippen LogP contribution in [0.4, 0.5) is 4.39 Å². The van der Waals surface area contributed by atoms with Gasteiger partial charge in [-0.25, -0.2) is 4.39 Å². The summed E-state index contributed by atoms with van der Waals surface area (Å²) < 4.78 is 21.1. The van der Waals surface area contributed by atoms with Crippen LogP contribution in [0.5, 0.6) is 0 Å². The number of likely N-dealkylation sites (tertiary alicyclic amines) is 1. The third kappa shape index (κ3) is 2.03. The van der Waals surface area contributed by atoms with Gasteiger partial charge in [0.2, 0.25) is 5.78 Å². The molecule has 1 fully saturated rings. The fraction of sp³-hybridized carbons (Fsp3) is 0.474. The van der Waals surface area contributed by atoms with E-state index in [9.17, 15) is 14.7 Å². The second-order valence-electron chi connectivity index (χ2n) is 7.36. The molecule has 1 saturated heterocycles. The summed E-state index contributed by atoms with van der Waals surface area (Å²) in [5, 5.41) is 9.31. The highest BCUT2D eigenvalue weighted by molar-refractivity contribution is 6.09. The van der Waals surface area contributed by atoms with Crippen molar-refractivity contribution < 1.29 is 23.8 Å². The molecule has 0 aromatic heterocycles. The molecule has 3 aliphatic heterocycles. The van der Waals surface area contributed by atoms with Gasteiger partial charge < -0.3 is 19.6 Å². The van der Waals surface area contributed by atoms with Crippen molar-refractivity contribution in [1.82, 2.24) is 9.80 Å². The second-order valence-corrected chi connectivity index (χ2v) is 7.36. The molecule has 1 N–H and O–H groups in total. The fourth-order valence-corrected chi connectivity index (χ4v) is 4.65. The van der Waals surface area contributed by atoms with Crippen LogP contribution in [-0.4, -0.2) is 46.3 Å². The van der Waals surface area contributed by atoms with Crippen LogP contribution in [-0.2, 0) is 14.3 Å². The van der Waals surface area contributed by atoms with E-state index >= 15 is 4.39 Å². The first-order chi connectivity index (χ1) is 12.6. The molecule has 5 aliphatic rings. The Kier molecular flexibility index (Phi) is 3.29. The van der Waals surface area contributed by atoms with Gasteiger partial charge in [-0.3, -0.25) is 9.59 Å². The third-order valence-electron chi connectivity index (χ3n) is 5.91. The minimum Gasteiger partial charge on any atom is -0.481 e. The molecular formula is C19H19FN2O4. The van der Waals surface area contributed by atoms with Crippen LogP contribution in [0, 0.1) is 11.8 Å². The van der Waals surface area contributed by atoms with Gasteiger partial charge in [-0.15, -0.1) is 0 Å². The van der Waals surface area contributed by atoms with Crippen LogP contribution in [0.3, 0.4) is 0 Å². The van der Waals surface area contributed by atoms with E-state index in [0.29, 0.717) is 24.4 Å². The number of ketones is 1. The normalized spacial score (nSPS) is 30.1. The minimum atomic E-state index is -1.16. The first kappa shape index (κ1) is 15.7. The van der Waals surface area contributed by atoms with Gasteiger partial charge in [-0.2, -0.15) is 0 Å². The highest BCUT2D eigenvalue weighted by Crippen LogP contribution is 2.49. The minimum absolute atomic E-state index is 0.00280. The Labute approximate surface area is 149 Å². The van der Waals surface area contributed by atoms with E-state index in [2.05, 4.69) is 11.0 Å². The van der Waals surface area contributed by atoms with Crippen LogP contribution < -0.4 is 0 Å². The molecule has 0 aromatic rings. The highest BCUT2D eigenvalue weighted by Gasteiger charge is 2.49. The van der Waals surface area contributed by atoms with Crippen molar-refractivity contribution in [2.24, 2.45) is 11.8 Å². The summed E-state index contributed by atoms with van der Waals surface area (Å²) in [5.41, 5.74) is 1.94. The lowest BCUT2D eigenvalue weighted by atomic mass is 9.87. The van der Waals surface area contributed by atoms with Gasteiger partial charge >= 0.3 is 5.97 Å². The molecular weight excluding hydrogens is 339 g/mol. The zero-order valence-corrected chi connectivity index (χ0v) is 14.2. The molecule has 136 valence electrons. The van der Waals surface area contributed by atoms with Crippen LogP contribution in [0.25, 0.3) is 0 Å². The molecule has 0 spiro atoms. The standard InChI is InChI=1S/C19H19FN2O4/c20-14-12(21-5-1-2-6-21)8-10-4-3-7-22-13-9-11(19(24)25)16(23)17(13)26-18(14)15(10)22/h3-4,10-11H,1-2,5-9H2,(H,24,25). The van der Waals surface area contributed by atoms with E-state index in [4.69, 9.17) is 4.74 Å². The number of aliphatic carboxylic acids is 1. The molecule has 7 heteroatoms. The zero-order chi connectivity index (χ0) is 18.0. The largest absolute Gasteiger partial charge is 0.481 e. The van der Waals surface area contributed by atoms with Gasteiger partial charge in [0.15, 0.2) is 17.3 Å². The first-order valence-corrected chi connectivity index (χ1v) is 9.06. The second kappa shape index (κ2) is 5.46. The number of halogens is 1. The Hall–Kier alpha value is -2.57. The molecule has 0 aromatic carbocycles. The van der Waals surface area contributed by atoms with Crippen molar-refractivity contribution in [3.8, 4) is 0 Å². The van der Waals surface area contributed by atoms with E-state index in [1.807, 2.05) is 11.0 Å². The number of carbonyl (C=O) groups excluding carboxylic acids is 1. The van der Waals surface area contributed by atoms with Gasteiger partial charge in [0.1, 0.15) is 5.92 Å². The Morgan fingerprint density at radius 2 is 1.96 bits per heavy atom. The Morgan fingerprint density at radius 3 is 2.69 bits per heavy atom. The number of carboxylic acid groups (broad SMARTS) is 1. The fourth-order valence-electron chi connectivity index (χ4n) is 4.65. The van der Waals surface area contributed by atoms with Crippen LogP contribution in [0.15, 0.2) is 46.6 Å².